The first-order valence-corrected chi connectivity index (χ1v) is 10.7. The monoisotopic (exact) mass is 408 g/mol. The van der Waals surface area contributed by atoms with E-state index in [-0.39, 0.29) is 11.1 Å². The van der Waals surface area contributed by atoms with Gasteiger partial charge in [0.25, 0.3) is 0 Å². The Morgan fingerprint density at radius 3 is 2.66 bits per heavy atom. The Hall–Kier alpha value is -2.51. The van der Waals surface area contributed by atoms with Crippen LogP contribution in [0.1, 0.15) is 49.5 Å². The van der Waals surface area contributed by atoms with Crippen LogP contribution in [0.3, 0.4) is 0 Å². The SMILES string of the molecule is COc1ccc(Cc2nc3c4c5c(sc4ncn3n2)C(C)(C)[NH2+]C(C)(C)C5)cc1. The minimum Gasteiger partial charge on any atom is -0.497 e. The maximum Gasteiger partial charge on any atom is 0.167 e. The van der Waals surface area contributed by atoms with Gasteiger partial charge in [0.2, 0.25) is 0 Å². The van der Waals surface area contributed by atoms with Crippen LogP contribution >= 0.6 is 11.3 Å². The van der Waals surface area contributed by atoms with E-state index in [0.717, 1.165) is 34.0 Å². The van der Waals surface area contributed by atoms with Crippen molar-refractivity contribution in [1.29, 1.82) is 0 Å². The topological polar surface area (TPSA) is 68.9 Å². The van der Waals surface area contributed by atoms with E-state index in [4.69, 9.17) is 19.8 Å². The molecule has 0 bridgehead atoms. The minimum atomic E-state index is 0.0331. The second kappa shape index (κ2) is 6.24. The van der Waals surface area contributed by atoms with Crippen molar-refractivity contribution in [3.8, 4) is 5.75 Å². The molecule has 5 rings (SSSR count). The number of nitrogens with two attached hydrogens (primary N) is 1. The van der Waals surface area contributed by atoms with Gasteiger partial charge in [-0.2, -0.15) is 0 Å². The van der Waals surface area contributed by atoms with Crippen LogP contribution in [0.15, 0.2) is 30.6 Å². The lowest BCUT2D eigenvalue weighted by Gasteiger charge is -2.38. The summed E-state index contributed by atoms with van der Waals surface area (Å²) < 4.78 is 7.09. The van der Waals surface area contributed by atoms with E-state index in [1.54, 1.807) is 24.8 Å². The summed E-state index contributed by atoms with van der Waals surface area (Å²) in [5.74, 6) is 1.67. The summed E-state index contributed by atoms with van der Waals surface area (Å²) in [6, 6.07) is 8.07. The normalized spacial score (nSPS) is 17.6. The zero-order valence-electron chi connectivity index (χ0n) is 17.5. The molecule has 0 spiro atoms. The van der Waals surface area contributed by atoms with Gasteiger partial charge < -0.3 is 10.1 Å². The average Bonchev–Trinajstić information content (AvgIpc) is 3.21. The molecule has 150 valence electrons. The van der Waals surface area contributed by atoms with Crippen LogP contribution in [-0.4, -0.2) is 32.2 Å². The summed E-state index contributed by atoms with van der Waals surface area (Å²) in [7, 11) is 1.68. The molecule has 1 aliphatic rings. The van der Waals surface area contributed by atoms with Crippen molar-refractivity contribution in [3.63, 3.8) is 0 Å². The minimum absolute atomic E-state index is 0.0331. The van der Waals surface area contributed by atoms with Crippen LogP contribution in [-0.2, 0) is 18.4 Å². The molecule has 3 aromatic heterocycles. The van der Waals surface area contributed by atoms with Gasteiger partial charge >= 0.3 is 0 Å². The second-order valence-electron chi connectivity index (χ2n) is 9.19. The molecule has 0 saturated heterocycles. The van der Waals surface area contributed by atoms with Gasteiger partial charge in [-0.25, -0.2) is 14.5 Å². The number of hydrogen-bond donors (Lipinski definition) is 1. The highest BCUT2D eigenvalue weighted by molar-refractivity contribution is 7.19. The number of methoxy groups -OCH3 is 1. The van der Waals surface area contributed by atoms with Crippen molar-refractivity contribution in [2.24, 2.45) is 0 Å². The predicted octanol–water partition coefficient (Wildman–Crippen LogP) is 3.07. The number of aromatic nitrogens is 4. The number of fused-ring (bicyclic) bond motifs is 5. The number of ether oxygens (including phenoxy) is 1. The third-order valence-corrected chi connectivity index (χ3v) is 7.14. The summed E-state index contributed by atoms with van der Waals surface area (Å²) >= 11 is 1.80. The Bertz CT molecular complexity index is 1220. The molecule has 0 fully saturated rings. The molecule has 0 unspecified atom stereocenters. The highest BCUT2D eigenvalue weighted by atomic mass is 32.1. The molecule has 2 N–H and O–H groups in total. The van der Waals surface area contributed by atoms with Crippen molar-refractivity contribution in [2.75, 3.05) is 7.11 Å². The second-order valence-corrected chi connectivity index (χ2v) is 10.2. The maximum atomic E-state index is 5.25. The fourth-order valence-electron chi connectivity index (χ4n) is 4.74. The highest BCUT2D eigenvalue weighted by Crippen LogP contribution is 2.41. The number of benzene rings is 1. The molecule has 1 aliphatic heterocycles. The van der Waals surface area contributed by atoms with Gasteiger partial charge in [0, 0.05) is 12.8 Å². The molecule has 6 nitrogen and oxygen atoms in total. The van der Waals surface area contributed by atoms with Crippen molar-refractivity contribution in [3.05, 3.63) is 52.4 Å². The van der Waals surface area contributed by atoms with E-state index >= 15 is 0 Å². The summed E-state index contributed by atoms with van der Waals surface area (Å²) in [6.07, 6.45) is 3.49. The number of quaternary nitrogens is 1. The van der Waals surface area contributed by atoms with Gasteiger partial charge in [-0.1, -0.05) is 12.1 Å². The van der Waals surface area contributed by atoms with Crippen molar-refractivity contribution in [2.45, 2.75) is 51.6 Å². The first-order chi connectivity index (χ1) is 13.8. The lowest BCUT2D eigenvalue weighted by atomic mass is 9.82. The zero-order chi connectivity index (χ0) is 20.4. The van der Waals surface area contributed by atoms with E-state index in [0.29, 0.717) is 6.42 Å². The van der Waals surface area contributed by atoms with Gasteiger partial charge in [0.15, 0.2) is 11.5 Å². The van der Waals surface area contributed by atoms with E-state index in [1.165, 1.54) is 15.8 Å². The van der Waals surface area contributed by atoms with Crippen LogP contribution in [0.5, 0.6) is 5.75 Å². The fraction of sp³-hybridized carbons (Fsp3) is 0.409. The van der Waals surface area contributed by atoms with Gasteiger partial charge in [0.1, 0.15) is 22.4 Å². The Morgan fingerprint density at radius 2 is 1.93 bits per heavy atom. The molecular weight excluding hydrogens is 382 g/mol. The average molecular weight is 409 g/mol. The van der Waals surface area contributed by atoms with E-state index in [1.807, 2.05) is 16.6 Å². The van der Waals surface area contributed by atoms with E-state index < -0.39 is 0 Å². The molecule has 4 heterocycles. The molecule has 0 saturated carbocycles. The molecule has 0 amide bonds. The van der Waals surface area contributed by atoms with Crippen molar-refractivity contribution >= 4 is 27.2 Å². The molecule has 7 heteroatoms. The van der Waals surface area contributed by atoms with Crippen LogP contribution in [0.4, 0.5) is 0 Å². The summed E-state index contributed by atoms with van der Waals surface area (Å²) in [5.41, 5.74) is 3.65. The van der Waals surface area contributed by atoms with Crippen molar-refractivity contribution in [1.82, 2.24) is 19.6 Å². The summed E-state index contributed by atoms with van der Waals surface area (Å²) in [5, 5.41) is 8.37. The molecular formula is C22H26N5OS+. The molecule has 0 atom stereocenters. The predicted molar refractivity (Wildman–Crippen MR) is 115 cm³/mol. The number of rotatable bonds is 3. The first-order valence-electron chi connectivity index (χ1n) is 9.92. The first kappa shape index (κ1) is 18.5. The van der Waals surface area contributed by atoms with Gasteiger partial charge in [-0.3, -0.25) is 0 Å². The molecule has 0 aliphatic carbocycles. The number of hydrogen-bond acceptors (Lipinski definition) is 5. The Morgan fingerprint density at radius 1 is 1.17 bits per heavy atom. The largest absolute Gasteiger partial charge is 0.497 e. The van der Waals surface area contributed by atoms with Crippen LogP contribution in [0.25, 0.3) is 15.9 Å². The molecule has 29 heavy (non-hydrogen) atoms. The molecule has 0 radical (unpaired) electrons. The smallest absolute Gasteiger partial charge is 0.167 e. The van der Waals surface area contributed by atoms with Crippen LogP contribution in [0, 0.1) is 0 Å². The van der Waals surface area contributed by atoms with Crippen molar-refractivity contribution < 1.29 is 10.1 Å². The van der Waals surface area contributed by atoms with E-state index in [2.05, 4.69) is 45.1 Å². The van der Waals surface area contributed by atoms with Crippen LogP contribution in [0.2, 0.25) is 0 Å². The van der Waals surface area contributed by atoms with Gasteiger partial charge in [-0.15, -0.1) is 16.4 Å². The third-order valence-electron chi connectivity index (χ3n) is 5.66. The standard InChI is InChI=1S/C22H25N5OS/c1-21(2)11-15-17-19-24-16(10-13-6-8-14(28-5)9-7-13)25-27(19)12-23-20(17)29-18(15)22(3,4)26-21/h6-9,12,26H,10-11H2,1-5H3/p+1. The third kappa shape index (κ3) is 3.09. The van der Waals surface area contributed by atoms with Crippen LogP contribution < -0.4 is 10.1 Å². The number of nitrogens with zero attached hydrogens (tertiary/aromatic N) is 4. The lowest BCUT2D eigenvalue weighted by Crippen LogP contribution is -3.03. The number of thiophene rings is 1. The lowest BCUT2D eigenvalue weighted by molar-refractivity contribution is -0.789. The quantitative estimate of drug-likeness (QED) is 0.566. The Kier molecular flexibility index (Phi) is 3.98. The Balaban J connectivity index is 1.62. The van der Waals surface area contributed by atoms with E-state index in [9.17, 15) is 0 Å². The maximum absolute atomic E-state index is 5.25. The highest BCUT2D eigenvalue weighted by Gasteiger charge is 2.43. The van der Waals surface area contributed by atoms with Gasteiger partial charge in [0.05, 0.1) is 22.9 Å². The zero-order valence-corrected chi connectivity index (χ0v) is 18.3. The molecule has 4 aromatic rings. The fourth-order valence-corrected chi connectivity index (χ4v) is 5.97. The molecule has 1 aromatic carbocycles. The summed E-state index contributed by atoms with van der Waals surface area (Å²) in [6.45, 7) is 9.23. The summed E-state index contributed by atoms with van der Waals surface area (Å²) in [4.78, 5) is 12.1. The van der Waals surface area contributed by atoms with Gasteiger partial charge in [-0.05, 0) is 51.0 Å². The Labute approximate surface area is 173 Å².